The standard InChI is InChI=1S/C4H8N4O2/c1-2(3(9)10)7-8-4(5)6/h1H3,(H,9,10)(H4,5,6,8)/b7-2-. The molecule has 0 aliphatic carbocycles. The quantitative estimate of drug-likeness (QED) is 0.254. The Bertz CT molecular complexity index is 191. The lowest BCUT2D eigenvalue weighted by Gasteiger charge is -1.86. The van der Waals surface area contributed by atoms with Gasteiger partial charge < -0.3 is 16.6 Å². The molecule has 5 N–H and O–H groups in total. The molecule has 0 unspecified atom stereocenters. The predicted octanol–water partition coefficient (Wildman–Crippen LogP) is -1.28. The first-order chi connectivity index (χ1) is 4.54. The van der Waals surface area contributed by atoms with Crippen molar-refractivity contribution in [3.63, 3.8) is 0 Å². The van der Waals surface area contributed by atoms with Crippen LogP contribution in [0.3, 0.4) is 0 Å². The zero-order valence-corrected chi connectivity index (χ0v) is 5.40. The fourth-order valence-corrected chi connectivity index (χ4v) is 0.176. The van der Waals surface area contributed by atoms with Crippen LogP contribution in [0.15, 0.2) is 10.2 Å². The van der Waals surface area contributed by atoms with Crippen molar-refractivity contribution in [2.45, 2.75) is 6.92 Å². The van der Waals surface area contributed by atoms with Gasteiger partial charge in [0, 0.05) is 0 Å². The summed E-state index contributed by atoms with van der Waals surface area (Å²) in [4.78, 5) is 10.0. The van der Waals surface area contributed by atoms with Crippen LogP contribution in [-0.4, -0.2) is 22.7 Å². The number of hydrogen-bond acceptors (Lipinski definition) is 3. The van der Waals surface area contributed by atoms with Crippen molar-refractivity contribution in [2.75, 3.05) is 0 Å². The van der Waals surface area contributed by atoms with Gasteiger partial charge in [-0.25, -0.2) is 4.79 Å². The summed E-state index contributed by atoms with van der Waals surface area (Å²) in [7, 11) is 0. The molecule has 0 heterocycles. The van der Waals surface area contributed by atoms with Crippen molar-refractivity contribution in [3.8, 4) is 0 Å². The minimum absolute atomic E-state index is 0.159. The van der Waals surface area contributed by atoms with Crippen LogP contribution < -0.4 is 11.5 Å². The second-order valence-corrected chi connectivity index (χ2v) is 1.52. The van der Waals surface area contributed by atoms with E-state index >= 15 is 0 Å². The molecule has 0 aromatic rings. The number of nitrogens with zero attached hydrogens (tertiary/aromatic N) is 2. The number of aliphatic carboxylic acids is 1. The minimum Gasteiger partial charge on any atom is -0.477 e. The Morgan fingerprint density at radius 2 is 1.90 bits per heavy atom. The summed E-state index contributed by atoms with van der Waals surface area (Å²) in [6.45, 7) is 1.29. The van der Waals surface area contributed by atoms with Gasteiger partial charge in [-0.1, -0.05) is 0 Å². The lowest BCUT2D eigenvalue weighted by atomic mass is 10.4. The molecule has 6 nitrogen and oxygen atoms in total. The van der Waals surface area contributed by atoms with E-state index < -0.39 is 5.97 Å². The Balaban J connectivity index is 4.19. The molecule has 0 spiro atoms. The van der Waals surface area contributed by atoms with Crippen LogP contribution in [-0.2, 0) is 4.79 Å². The van der Waals surface area contributed by atoms with E-state index in [0.29, 0.717) is 0 Å². The maximum Gasteiger partial charge on any atom is 0.351 e. The van der Waals surface area contributed by atoms with Gasteiger partial charge in [0.25, 0.3) is 0 Å². The molecule has 6 heteroatoms. The first-order valence-corrected chi connectivity index (χ1v) is 2.40. The topological polar surface area (TPSA) is 114 Å². The third-order valence-corrected chi connectivity index (χ3v) is 0.625. The second kappa shape index (κ2) is 3.44. The van der Waals surface area contributed by atoms with Crippen molar-refractivity contribution < 1.29 is 9.90 Å². The van der Waals surface area contributed by atoms with E-state index in [1.165, 1.54) is 6.92 Å². The van der Waals surface area contributed by atoms with Crippen LogP contribution in [0.4, 0.5) is 0 Å². The molecule has 10 heavy (non-hydrogen) atoms. The normalized spacial score (nSPS) is 10.7. The maximum absolute atomic E-state index is 10.0. The summed E-state index contributed by atoms with van der Waals surface area (Å²) in [5.74, 6) is -1.41. The Morgan fingerprint density at radius 3 is 2.20 bits per heavy atom. The molecule has 0 atom stereocenters. The number of guanidine groups is 1. The molecule has 0 radical (unpaired) electrons. The molecule has 0 saturated heterocycles. The Kier molecular flexibility index (Phi) is 2.89. The monoisotopic (exact) mass is 144 g/mol. The summed E-state index contributed by atoms with van der Waals surface area (Å²) in [6, 6.07) is 0. The summed E-state index contributed by atoms with van der Waals surface area (Å²) in [5.41, 5.74) is 9.58. The first kappa shape index (κ1) is 8.41. The van der Waals surface area contributed by atoms with Crippen LogP contribution in [0.1, 0.15) is 6.92 Å². The zero-order chi connectivity index (χ0) is 8.15. The third kappa shape index (κ3) is 3.42. The largest absolute Gasteiger partial charge is 0.477 e. The van der Waals surface area contributed by atoms with Crippen LogP contribution in [0.25, 0.3) is 0 Å². The minimum atomic E-state index is -1.15. The molecule has 0 aromatic carbocycles. The van der Waals surface area contributed by atoms with Gasteiger partial charge in [0.05, 0.1) is 0 Å². The van der Waals surface area contributed by atoms with E-state index in [0.717, 1.165) is 0 Å². The van der Waals surface area contributed by atoms with E-state index in [-0.39, 0.29) is 11.7 Å². The summed E-state index contributed by atoms with van der Waals surface area (Å²) < 4.78 is 0. The molecule has 0 aliphatic rings. The van der Waals surface area contributed by atoms with Crippen molar-refractivity contribution >= 4 is 17.6 Å². The van der Waals surface area contributed by atoms with Gasteiger partial charge in [-0.05, 0) is 6.92 Å². The number of hydrogen-bond donors (Lipinski definition) is 3. The molecular formula is C4H8N4O2. The van der Waals surface area contributed by atoms with Crippen molar-refractivity contribution in [1.82, 2.24) is 0 Å². The third-order valence-electron chi connectivity index (χ3n) is 0.625. The fourth-order valence-electron chi connectivity index (χ4n) is 0.176. The predicted molar refractivity (Wildman–Crippen MR) is 36.6 cm³/mol. The van der Waals surface area contributed by atoms with Gasteiger partial charge in [0.1, 0.15) is 5.71 Å². The van der Waals surface area contributed by atoms with Crippen molar-refractivity contribution in [2.24, 2.45) is 21.7 Å². The van der Waals surface area contributed by atoms with Crippen LogP contribution in [0.2, 0.25) is 0 Å². The van der Waals surface area contributed by atoms with Crippen molar-refractivity contribution in [3.05, 3.63) is 0 Å². The molecule has 0 rings (SSSR count). The SMILES string of the molecule is C/C(=N/N=C(N)N)C(=O)O. The molecule has 0 saturated carbocycles. The Morgan fingerprint density at radius 1 is 1.40 bits per heavy atom. The fraction of sp³-hybridized carbons (Fsp3) is 0.250. The molecular weight excluding hydrogens is 136 g/mol. The number of carbonyl (C=O) groups is 1. The number of carboxylic acid groups (broad SMARTS) is 1. The molecule has 0 amide bonds. The van der Waals surface area contributed by atoms with Crippen molar-refractivity contribution in [1.29, 1.82) is 0 Å². The van der Waals surface area contributed by atoms with E-state index in [1.807, 2.05) is 0 Å². The average Bonchev–Trinajstić information content (AvgIpc) is 1.82. The Labute approximate surface area is 57.2 Å². The smallest absolute Gasteiger partial charge is 0.351 e. The number of carboxylic acids is 1. The molecule has 56 valence electrons. The summed E-state index contributed by atoms with van der Waals surface area (Å²) in [5, 5.41) is 14.5. The highest BCUT2D eigenvalue weighted by Gasteiger charge is 1.99. The van der Waals surface area contributed by atoms with E-state index in [4.69, 9.17) is 16.6 Å². The highest BCUT2D eigenvalue weighted by molar-refractivity contribution is 6.34. The van der Waals surface area contributed by atoms with Gasteiger partial charge in [0.2, 0.25) is 5.96 Å². The van der Waals surface area contributed by atoms with Gasteiger partial charge >= 0.3 is 5.97 Å². The summed E-state index contributed by atoms with van der Waals surface area (Å²) >= 11 is 0. The highest BCUT2D eigenvalue weighted by atomic mass is 16.4. The van der Waals surface area contributed by atoms with Gasteiger partial charge in [0.15, 0.2) is 0 Å². The molecule has 0 fully saturated rings. The zero-order valence-electron chi connectivity index (χ0n) is 5.40. The van der Waals surface area contributed by atoms with Gasteiger partial charge in [-0.3, -0.25) is 0 Å². The van der Waals surface area contributed by atoms with E-state index in [2.05, 4.69) is 10.2 Å². The molecule has 0 bridgehead atoms. The lowest BCUT2D eigenvalue weighted by Crippen LogP contribution is -2.22. The van der Waals surface area contributed by atoms with E-state index in [9.17, 15) is 4.79 Å². The number of rotatable bonds is 2. The second-order valence-electron chi connectivity index (χ2n) is 1.52. The average molecular weight is 144 g/mol. The van der Waals surface area contributed by atoms with E-state index in [1.54, 1.807) is 0 Å². The molecule has 0 aromatic heterocycles. The number of nitrogens with two attached hydrogens (primary N) is 2. The highest BCUT2D eigenvalue weighted by Crippen LogP contribution is 1.77. The van der Waals surface area contributed by atoms with Crippen LogP contribution in [0, 0.1) is 0 Å². The maximum atomic E-state index is 10.0. The Hall–Kier alpha value is -1.59. The van der Waals surface area contributed by atoms with Crippen LogP contribution in [0.5, 0.6) is 0 Å². The van der Waals surface area contributed by atoms with Gasteiger partial charge in [-0.15, -0.1) is 10.2 Å². The van der Waals surface area contributed by atoms with Gasteiger partial charge in [-0.2, -0.15) is 0 Å². The summed E-state index contributed by atoms with van der Waals surface area (Å²) in [6.07, 6.45) is 0. The lowest BCUT2D eigenvalue weighted by molar-refractivity contribution is -0.129. The first-order valence-electron chi connectivity index (χ1n) is 2.40. The molecule has 0 aliphatic heterocycles. The van der Waals surface area contributed by atoms with Crippen LogP contribution >= 0.6 is 0 Å².